The lowest BCUT2D eigenvalue weighted by molar-refractivity contribution is -0.123. The van der Waals surface area contributed by atoms with Gasteiger partial charge in [-0.05, 0) is 6.42 Å². The van der Waals surface area contributed by atoms with Crippen LogP contribution in [-0.2, 0) is 4.79 Å². The number of aromatic nitrogens is 1. The van der Waals surface area contributed by atoms with Gasteiger partial charge in [0.2, 0.25) is 5.91 Å². The van der Waals surface area contributed by atoms with Gasteiger partial charge in [0.05, 0.1) is 0 Å². The van der Waals surface area contributed by atoms with Crippen LogP contribution in [0.25, 0.3) is 0 Å². The highest BCUT2D eigenvalue weighted by molar-refractivity contribution is 7.17. The zero-order valence-electron chi connectivity index (χ0n) is 11.2. The molecule has 1 aromatic rings. The normalized spacial score (nSPS) is 18.8. The number of carbonyl (C=O) groups is 3. The minimum atomic E-state index is -1.23. The van der Waals surface area contributed by atoms with E-state index in [1.54, 1.807) is 4.90 Å². The van der Waals surface area contributed by atoms with Crippen LogP contribution >= 0.6 is 11.3 Å². The van der Waals surface area contributed by atoms with E-state index >= 15 is 0 Å². The van der Waals surface area contributed by atoms with Crippen molar-refractivity contribution < 1.29 is 19.5 Å². The van der Waals surface area contributed by atoms with E-state index in [4.69, 9.17) is 5.11 Å². The Morgan fingerprint density at radius 3 is 2.75 bits per heavy atom. The Labute approximate surface area is 119 Å². The van der Waals surface area contributed by atoms with Crippen molar-refractivity contribution in [3.8, 4) is 0 Å². The molecule has 0 aliphatic carbocycles. The summed E-state index contributed by atoms with van der Waals surface area (Å²) in [6, 6.07) is -0.378. The first-order valence-electron chi connectivity index (χ1n) is 6.25. The van der Waals surface area contributed by atoms with Crippen LogP contribution in [0, 0.1) is 0 Å². The van der Waals surface area contributed by atoms with Gasteiger partial charge in [-0.1, -0.05) is 18.3 Å². The Morgan fingerprint density at radius 2 is 2.25 bits per heavy atom. The van der Waals surface area contributed by atoms with Crippen molar-refractivity contribution in [3.63, 3.8) is 0 Å². The van der Waals surface area contributed by atoms with Gasteiger partial charge in [-0.2, -0.15) is 0 Å². The highest BCUT2D eigenvalue weighted by Crippen LogP contribution is 2.29. The van der Waals surface area contributed by atoms with Crippen LogP contribution in [-0.4, -0.2) is 46.9 Å². The van der Waals surface area contributed by atoms with Gasteiger partial charge < -0.3 is 15.3 Å². The molecular formula is C12H15N3O4S. The van der Waals surface area contributed by atoms with Gasteiger partial charge in [0.15, 0.2) is 16.6 Å². The Hall–Kier alpha value is -1.96. The largest absolute Gasteiger partial charge is 0.476 e. The summed E-state index contributed by atoms with van der Waals surface area (Å²) in [6.07, 6.45) is 0.587. The zero-order chi connectivity index (χ0) is 14.9. The second-order valence-corrected chi connectivity index (χ2v) is 5.42. The van der Waals surface area contributed by atoms with Crippen LogP contribution < -0.4 is 10.2 Å². The molecule has 1 saturated heterocycles. The number of hydrogen-bond acceptors (Lipinski definition) is 6. The number of thiazole rings is 1. The summed E-state index contributed by atoms with van der Waals surface area (Å²) >= 11 is 1.03. The molecule has 1 atom stereocenters. The number of ketones is 1. The molecule has 1 amide bonds. The van der Waals surface area contributed by atoms with Crippen LogP contribution in [0.2, 0.25) is 0 Å². The standard InChI is InChI=1S/C12H15N3O4S/c1-3-7-10(17)13-4-5-15(7)12-14-8(11(18)19)9(20-12)6(2)16/h7H,3-5H2,1-2H3,(H,13,17)(H,18,19). The van der Waals surface area contributed by atoms with Crippen molar-refractivity contribution >= 4 is 34.1 Å². The molecule has 1 aliphatic heterocycles. The number of anilines is 1. The Kier molecular flexibility index (Phi) is 4.03. The monoisotopic (exact) mass is 297 g/mol. The molecule has 1 aliphatic rings. The molecule has 1 aromatic heterocycles. The van der Waals surface area contributed by atoms with E-state index in [1.165, 1.54) is 6.92 Å². The lowest BCUT2D eigenvalue weighted by atomic mass is 10.1. The second-order valence-electron chi connectivity index (χ2n) is 4.44. The van der Waals surface area contributed by atoms with Crippen molar-refractivity contribution in [1.29, 1.82) is 0 Å². The fourth-order valence-corrected chi connectivity index (χ4v) is 3.19. The second kappa shape index (κ2) is 5.58. The number of nitrogens with zero attached hydrogens (tertiary/aromatic N) is 2. The topological polar surface area (TPSA) is 99.6 Å². The average molecular weight is 297 g/mol. The smallest absolute Gasteiger partial charge is 0.356 e. The first-order valence-corrected chi connectivity index (χ1v) is 7.06. The minimum Gasteiger partial charge on any atom is -0.476 e. The summed E-state index contributed by atoms with van der Waals surface area (Å²) in [5.74, 6) is -1.66. The molecule has 20 heavy (non-hydrogen) atoms. The van der Waals surface area contributed by atoms with Crippen LogP contribution in [0.4, 0.5) is 5.13 Å². The third kappa shape index (κ3) is 2.51. The van der Waals surface area contributed by atoms with Crippen LogP contribution in [0.1, 0.15) is 40.4 Å². The lowest BCUT2D eigenvalue weighted by Gasteiger charge is -2.34. The third-order valence-electron chi connectivity index (χ3n) is 3.10. The SMILES string of the molecule is CCC1C(=O)NCCN1c1nc(C(=O)O)c(C(C)=O)s1. The molecule has 0 aromatic carbocycles. The van der Waals surface area contributed by atoms with Gasteiger partial charge in [-0.25, -0.2) is 9.78 Å². The van der Waals surface area contributed by atoms with E-state index in [2.05, 4.69) is 10.3 Å². The predicted molar refractivity (Wildman–Crippen MR) is 73.5 cm³/mol. The van der Waals surface area contributed by atoms with Crippen molar-refractivity contribution in [2.24, 2.45) is 0 Å². The van der Waals surface area contributed by atoms with Gasteiger partial charge in [0, 0.05) is 20.0 Å². The highest BCUT2D eigenvalue weighted by atomic mass is 32.1. The fourth-order valence-electron chi connectivity index (χ4n) is 2.16. The van der Waals surface area contributed by atoms with Crippen molar-refractivity contribution in [2.45, 2.75) is 26.3 Å². The first kappa shape index (κ1) is 14.4. The van der Waals surface area contributed by atoms with Gasteiger partial charge in [0.1, 0.15) is 10.9 Å². The molecule has 2 N–H and O–H groups in total. The molecule has 1 fully saturated rings. The Morgan fingerprint density at radius 1 is 1.55 bits per heavy atom. The highest BCUT2D eigenvalue weighted by Gasteiger charge is 2.32. The fraction of sp³-hybridized carbons (Fsp3) is 0.500. The summed E-state index contributed by atoms with van der Waals surface area (Å²) < 4.78 is 0. The third-order valence-corrected chi connectivity index (χ3v) is 4.29. The van der Waals surface area contributed by atoms with Crippen molar-refractivity contribution in [2.75, 3.05) is 18.0 Å². The number of amides is 1. The number of Topliss-reactive ketones (excluding diaryl/α,β-unsaturated/α-hetero) is 1. The van der Waals surface area contributed by atoms with E-state index in [-0.39, 0.29) is 28.3 Å². The van der Waals surface area contributed by atoms with E-state index < -0.39 is 5.97 Å². The van der Waals surface area contributed by atoms with Gasteiger partial charge in [0.25, 0.3) is 0 Å². The van der Waals surface area contributed by atoms with E-state index in [0.29, 0.717) is 24.6 Å². The minimum absolute atomic E-state index is 0.102. The summed E-state index contributed by atoms with van der Waals surface area (Å²) in [5, 5.41) is 12.3. The molecule has 0 bridgehead atoms. The molecule has 0 spiro atoms. The quantitative estimate of drug-likeness (QED) is 0.796. The molecule has 108 valence electrons. The first-order chi connectivity index (χ1) is 9.45. The summed E-state index contributed by atoms with van der Waals surface area (Å²) in [5.41, 5.74) is -0.238. The van der Waals surface area contributed by atoms with Gasteiger partial charge >= 0.3 is 5.97 Å². The molecule has 2 rings (SSSR count). The van der Waals surface area contributed by atoms with E-state index in [9.17, 15) is 14.4 Å². The number of carboxylic acids is 1. The maximum absolute atomic E-state index is 11.8. The van der Waals surface area contributed by atoms with E-state index in [1.807, 2.05) is 6.92 Å². The van der Waals surface area contributed by atoms with Crippen molar-refractivity contribution in [1.82, 2.24) is 10.3 Å². The molecule has 2 heterocycles. The molecule has 0 saturated carbocycles. The Balaban J connectivity index is 2.41. The van der Waals surface area contributed by atoms with Crippen molar-refractivity contribution in [3.05, 3.63) is 10.6 Å². The number of carbonyl (C=O) groups excluding carboxylic acids is 2. The van der Waals surface area contributed by atoms with Gasteiger partial charge in [-0.3, -0.25) is 9.59 Å². The summed E-state index contributed by atoms with van der Waals surface area (Å²) in [6.45, 7) is 4.21. The van der Waals surface area contributed by atoms with Crippen LogP contribution in [0.5, 0.6) is 0 Å². The zero-order valence-corrected chi connectivity index (χ0v) is 12.0. The van der Waals surface area contributed by atoms with E-state index in [0.717, 1.165) is 11.3 Å². The number of aromatic carboxylic acids is 1. The molecular weight excluding hydrogens is 282 g/mol. The molecule has 0 radical (unpaired) electrons. The maximum atomic E-state index is 11.8. The molecule has 7 nitrogen and oxygen atoms in total. The number of nitrogens with one attached hydrogen (secondary N) is 1. The summed E-state index contributed by atoms with van der Waals surface area (Å²) in [7, 11) is 0. The number of carboxylic acid groups (broad SMARTS) is 1. The van der Waals surface area contributed by atoms with Gasteiger partial charge in [-0.15, -0.1) is 0 Å². The molecule has 8 heteroatoms. The predicted octanol–water partition coefficient (Wildman–Crippen LogP) is 0.759. The molecule has 1 unspecified atom stereocenters. The van der Waals surface area contributed by atoms with Crippen LogP contribution in [0.15, 0.2) is 0 Å². The average Bonchev–Trinajstić information content (AvgIpc) is 2.83. The van der Waals surface area contributed by atoms with Crippen LogP contribution in [0.3, 0.4) is 0 Å². The maximum Gasteiger partial charge on any atom is 0.356 e. The number of piperazine rings is 1. The lowest BCUT2D eigenvalue weighted by Crippen LogP contribution is -2.55. The number of hydrogen-bond donors (Lipinski definition) is 2. The summed E-state index contributed by atoms with van der Waals surface area (Å²) in [4.78, 5) is 40.3. The number of rotatable bonds is 4. The Bertz CT molecular complexity index is 538.